The van der Waals surface area contributed by atoms with Crippen molar-refractivity contribution in [1.82, 2.24) is 4.98 Å². The van der Waals surface area contributed by atoms with Crippen LogP contribution in [0.15, 0.2) is 12.1 Å². The lowest BCUT2D eigenvalue weighted by atomic mass is 10.2. The van der Waals surface area contributed by atoms with Gasteiger partial charge in [-0.05, 0) is 13.0 Å². The fourth-order valence-corrected chi connectivity index (χ4v) is 0.835. The molecule has 0 unspecified atom stereocenters. The molecule has 0 saturated heterocycles. The van der Waals surface area contributed by atoms with Crippen molar-refractivity contribution in [1.29, 1.82) is 0 Å². The van der Waals surface area contributed by atoms with E-state index in [4.69, 9.17) is 14.8 Å². The molecule has 2 N–H and O–H groups in total. The van der Waals surface area contributed by atoms with Gasteiger partial charge in [-0.2, -0.15) is 9.37 Å². The van der Waals surface area contributed by atoms with Gasteiger partial charge >= 0.3 is 7.32 Å². The Morgan fingerprint density at radius 1 is 1.50 bits per heavy atom. The number of halogens is 1. The molecule has 0 spiro atoms. The molecule has 1 aromatic heterocycles. The van der Waals surface area contributed by atoms with Gasteiger partial charge in [-0.25, -0.2) is 0 Å². The van der Waals surface area contributed by atoms with E-state index in [9.17, 15) is 4.39 Å². The highest BCUT2D eigenvalue weighted by molar-refractivity contribution is 6.33. The summed E-state index contributed by atoms with van der Waals surface area (Å²) in [6, 6.07) is 2.57. The SMILES string of the molecule is CCOc1ccc(OB(O)O)c(F)n1. The summed E-state index contributed by atoms with van der Waals surface area (Å²) < 4.78 is 22.2. The van der Waals surface area contributed by atoms with E-state index in [1.54, 1.807) is 6.92 Å². The summed E-state index contributed by atoms with van der Waals surface area (Å²) in [5.41, 5.74) is 0. The summed E-state index contributed by atoms with van der Waals surface area (Å²) in [6.45, 7) is 2.11. The standard InChI is InChI=1S/C7H9BFNO4/c1-2-13-6-4-3-5(7(9)10-6)14-8(11)12/h3-4,11-12H,2H2,1H3. The Hall–Kier alpha value is -1.34. The topological polar surface area (TPSA) is 71.8 Å². The zero-order valence-electron chi connectivity index (χ0n) is 7.48. The van der Waals surface area contributed by atoms with Crippen LogP contribution in [0.2, 0.25) is 0 Å². The molecule has 1 aromatic rings. The van der Waals surface area contributed by atoms with Crippen LogP contribution in [-0.2, 0) is 0 Å². The predicted octanol–water partition coefficient (Wildman–Crippen LogP) is -0.0323. The van der Waals surface area contributed by atoms with E-state index < -0.39 is 13.3 Å². The van der Waals surface area contributed by atoms with Crippen molar-refractivity contribution in [2.24, 2.45) is 0 Å². The van der Waals surface area contributed by atoms with E-state index in [0.717, 1.165) is 0 Å². The first kappa shape index (κ1) is 10.7. The van der Waals surface area contributed by atoms with E-state index in [0.29, 0.717) is 6.61 Å². The van der Waals surface area contributed by atoms with Crippen LogP contribution in [0.5, 0.6) is 11.6 Å². The van der Waals surface area contributed by atoms with Gasteiger partial charge in [0.15, 0.2) is 5.75 Å². The van der Waals surface area contributed by atoms with Gasteiger partial charge in [0.05, 0.1) is 6.61 Å². The summed E-state index contributed by atoms with van der Waals surface area (Å²) in [7, 11) is -2.07. The van der Waals surface area contributed by atoms with Gasteiger partial charge in [0.2, 0.25) is 5.88 Å². The molecule has 0 fully saturated rings. The molecule has 5 nitrogen and oxygen atoms in total. The molecule has 1 rings (SSSR count). The Labute approximate surface area is 80.3 Å². The van der Waals surface area contributed by atoms with Crippen molar-refractivity contribution in [2.75, 3.05) is 6.61 Å². The minimum Gasteiger partial charge on any atom is -0.508 e. The second-order valence-electron chi connectivity index (χ2n) is 2.32. The van der Waals surface area contributed by atoms with Crippen molar-refractivity contribution in [2.45, 2.75) is 6.92 Å². The van der Waals surface area contributed by atoms with Gasteiger partial charge in [-0.15, -0.1) is 0 Å². The van der Waals surface area contributed by atoms with E-state index in [1.165, 1.54) is 12.1 Å². The molecule has 0 aliphatic rings. The van der Waals surface area contributed by atoms with Crippen molar-refractivity contribution in [3.8, 4) is 11.6 Å². The van der Waals surface area contributed by atoms with Crippen LogP contribution in [-0.4, -0.2) is 29.0 Å². The van der Waals surface area contributed by atoms with Crippen LogP contribution >= 0.6 is 0 Å². The molecule has 0 aromatic carbocycles. The average Bonchev–Trinajstić information content (AvgIpc) is 2.10. The first-order valence-corrected chi connectivity index (χ1v) is 3.95. The normalized spacial score (nSPS) is 9.71. The average molecular weight is 201 g/mol. The Morgan fingerprint density at radius 2 is 2.21 bits per heavy atom. The van der Waals surface area contributed by atoms with Gasteiger partial charge in [-0.3, -0.25) is 0 Å². The van der Waals surface area contributed by atoms with Crippen molar-refractivity contribution < 1.29 is 23.8 Å². The molecule has 0 radical (unpaired) electrons. The van der Waals surface area contributed by atoms with Crippen molar-refractivity contribution in [3.05, 3.63) is 18.1 Å². The van der Waals surface area contributed by atoms with Crippen LogP contribution < -0.4 is 9.39 Å². The van der Waals surface area contributed by atoms with Gasteiger partial charge < -0.3 is 19.4 Å². The number of ether oxygens (including phenoxy) is 1. The van der Waals surface area contributed by atoms with E-state index >= 15 is 0 Å². The number of hydrogen-bond donors (Lipinski definition) is 2. The number of aromatic nitrogens is 1. The summed E-state index contributed by atoms with van der Waals surface area (Å²) in [6.07, 6.45) is 0. The third kappa shape index (κ3) is 2.86. The quantitative estimate of drug-likeness (QED) is 0.528. The van der Waals surface area contributed by atoms with Crippen LogP contribution in [0.3, 0.4) is 0 Å². The highest BCUT2D eigenvalue weighted by atomic mass is 19.1. The summed E-state index contributed by atoms with van der Waals surface area (Å²) in [5.74, 6) is -1.18. The van der Waals surface area contributed by atoms with E-state index in [1.807, 2.05) is 0 Å². The Kier molecular flexibility index (Phi) is 3.67. The zero-order valence-corrected chi connectivity index (χ0v) is 7.48. The number of hydrogen-bond acceptors (Lipinski definition) is 5. The monoisotopic (exact) mass is 201 g/mol. The van der Waals surface area contributed by atoms with Crippen LogP contribution in [0.1, 0.15) is 6.92 Å². The largest absolute Gasteiger partial charge is 0.707 e. The minimum atomic E-state index is -2.07. The third-order valence-corrected chi connectivity index (χ3v) is 1.31. The third-order valence-electron chi connectivity index (χ3n) is 1.31. The lowest BCUT2D eigenvalue weighted by Gasteiger charge is -2.06. The maximum Gasteiger partial charge on any atom is 0.707 e. The van der Waals surface area contributed by atoms with E-state index in [2.05, 4.69) is 9.64 Å². The first-order valence-electron chi connectivity index (χ1n) is 3.95. The van der Waals surface area contributed by atoms with Crippen LogP contribution in [0.25, 0.3) is 0 Å². The predicted molar refractivity (Wildman–Crippen MR) is 46.2 cm³/mol. The first-order chi connectivity index (χ1) is 6.63. The Bertz CT molecular complexity index is 310. The smallest absolute Gasteiger partial charge is 0.508 e. The second kappa shape index (κ2) is 4.78. The van der Waals surface area contributed by atoms with Crippen LogP contribution in [0.4, 0.5) is 4.39 Å². The Morgan fingerprint density at radius 3 is 2.71 bits per heavy atom. The highest BCUT2D eigenvalue weighted by Gasteiger charge is 2.15. The van der Waals surface area contributed by atoms with E-state index in [-0.39, 0.29) is 11.6 Å². The van der Waals surface area contributed by atoms with Gasteiger partial charge in [0, 0.05) is 6.07 Å². The molecule has 0 aliphatic carbocycles. The van der Waals surface area contributed by atoms with Crippen molar-refractivity contribution in [3.63, 3.8) is 0 Å². The maximum absolute atomic E-state index is 13.0. The molecule has 0 atom stereocenters. The van der Waals surface area contributed by atoms with Crippen LogP contribution in [0, 0.1) is 5.95 Å². The summed E-state index contributed by atoms with van der Waals surface area (Å²) in [4.78, 5) is 3.38. The molecule has 14 heavy (non-hydrogen) atoms. The lowest BCUT2D eigenvalue weighted by Crippen LogP contribution is -2.21. The minimum absolute atomic E-state index is 0.116. The summed E-state index contributed by atoms with van der Waals surface area (Å²) >= 11 is 0. The molecule has 0 aliphatic heterocycles. The molecule has 1 heterocycles. The molecular formula is C7H9BFNO4. The summed E-state index contributed by atoms with van der Waals surface area (Å²) in [5, 5.41) is 16.8. The van der Waals surface area contributed by atoms with Gasteiger partial charge in [0.1, 0.15) is 0 Å². The fraction of sp³-hybridized carbons (Fsp3) is 0.286. The molecule has 7 heteroatoms. The van der Waals surface area contributed by atoms with Crippen molar-refractivity contribution >= 4 is 7.32 Å². The van der Waals surface area contributed by atoms with Gasteiger partial charge in [-0.1, -0.05) is 0 Å². The maximum atomic E-state index is 13.0. The molecule has 0 bridgehead atoms. The van der Waals surface area contributed by atoms with Gasteiger partial charge in [0.25, 0.3) is 5.95 Å². The number of rotatable bonds is 4. The number of nitrogens with zero attached hydrogens (tertiary/aromatic N) is 1. The molecule has 0 saturated carbocycles. The zero-order chi connectivity index (χ0) is 10.6. The Balaban J connectivity index is 2.79. The lowest BCUT2D eigenvalue weighted by molar-refractivity contribution is 0.276. The number of pyridine rings is 1. The molecule has 0 amide bonds. The molecule has 76 valence electrons. The fourth-order valence-electron chi connectivity index (χ4n) is 0.835. The highest BCUT2D eigenvalue weighted by Crippen LogP contribution is 2.18. The second-order valence-corrected chi connectivity index (χ2v) is 2.32. The molecular weight excluding hydrogens is 192 g/mol.